The van der Waals surface area contributed by atoms with Gasteiger partial charge in [-0.15, -0.1) is 0 Å². The molecule has 1 aromatic heterocycles. The highest BCUT2D eigenvalue weighted by Crippen LogP contribution is 2.41. The van der Waals surface area contributed by atoms with Crippen molar-refractivity contribution in [1.82, 2.24) is 4.90 Å². The molecule has 0 saturated carbocycles. The number of aryl methyl sites for hydroxylation is 2. The Kier molecular flexibility index (Phi) is 5.81. The number of rotatable bonds is 6. The minimum Gasteiger partial charge on any atom is -0.504 e. The lowest BCUT2D eigenvalue weighted by Crippen LogP contribution is -2.31. The van der Waals surface area contributed by atoms with Crippen molar-refractivity contribution in [3.63, 3.8) is 0 Å². The van der Waals surface area contributed by atoms with Crippen LogP contribution in [0.2, 0.25) is 0 Å². The van der Waals surface area contributed by atoms with Gasteiger partial charge in [0.25, 0.3) is 5.91 Å². The molecule has 2 heterocycles. The first-order chi connectivity index (χ1) is 16.9. The van der Waals surface area contributed by atoms with Crippen LogP contribution in [0.5, 0.6) is 11.5 Å². The molecule has 6 nitrogen and oxygen atoms in total. The van der Waals surface area contributed by atoms with Crippen LogP contribution in [0.25, 0.3) is 11.0 Å². The average molecular weight is 470 g/mol. The topological polar surface area (TPSA) is 80.0 Å². The maximum atomic E-state index is 13.8. The van der Waals surface area contributed by atoms with Gasteiger partial charge in [0.15, 0.2) is 16.9 Å². The van der Waals surface area contributed by atoms with Crippen molar-refractivity contribution in [1.29, 1.82) is 0 Å². The Hall–Kier alpha value is -4.06. The van der Waals surface area contributed by atoms with Gasteiger partial charge in [0.05, 0.1) is 23.6 Å². The summed E-state index contributed by atoms with van der Waals surface area (Å²) in [6.45, 7) is 6.50. The molecule has 1 atom stereocenters. The summed E-state index contributed by atoms with van der Waals surface area (Å²) >= 11 is 0. The number of hydrogen-bond donors (Lipinski definition) is 1. The van der Waals surface area contributed by atoms with Crippen LogP contribution in [0, 0.1) is 13.8 Å². The second-order valence-corrected chi connectivity index (χ2v) is 8.90. The van der Waals surface area contributed by atoms with Crippen LogP contribution < -0.4 is 10.2 Å². The van der Waals surface area contributed by atoms with Crippen molar-refractivity contribution in [2.75, 3.05) is 13.2 Å². The molecule has 3 aromatic carbocycles. The van der Waals surface area contributed by atoms with Crippen LogP contribution >= 0.6 is 0 Å². The van der Waals surface area contributed by atoms with Gasteiger partial charge in [0.2, 0.25) is 5.76 Å². The van der Waals surface area contributed by atoms with Crippen LogP contribution in [0.4, 0.5) is 0 Å². The molecule has 0 saturated heterocycles. The quantitative estimate of drug-likeness (QED) is 0.414. The van der Waals surface area contributed by atoms with Gasteiger partial charge in [-0.1, -0.05) is 36.4 Å². The van der Waals surface area contributed by atoms with Gasteiger partial charge < -0.3 is 19.2 Å². The fraction of sp³-hybridized carbons (Fsp3) is 0.241. The molecule has 1 aliphatic rings. The van der Waals surface area contributed by atoms with Crippen LogP contribution in [-0.2, 0) is 6.42 Å². The second kappa shape index (κ2) is 8.95. The third-order valence-corrected chi connectivity index (χ3v) is 6.67. The predicted molar refractivity (Wildman–Crippen MR) is 134 cm³/mol. The number of aromatic hydroxyl groups is 1. The highest BCUT2D eigenvalue weighted by molar-refractivity contribution is 5.99. The molecule has 6 heteroatoms. The maximum absolute atomic E-state index is 13.8. The summed E-state index contributed by atoms with van der Waals surface area (Å²) in [5.74, 6) is 0.0808. The number of benzene rings is 3. The number of fused-ring (bicyclic) bond motifs is 2. The Morgan fingerprint density at radius 3 is 2.49 bits per heavy atom. The van der Waals surface area contributed by atoms with Crippen molar-refractivity contribution < 1.29 is 19.1 Å². The van der Waals surface area contributed by atoms with Gasteiger partial charge in [0, 0.05) is 6.54 Å². The number of amides is 1. The van der Waals surface area contributed by atoms with Crippen molar-refractivity contribution in [2.24, 2.45) is 0 Å². The first kappa shape index (κ1) is 22.7. The summed E-state index contributed by atoms with van der Waals surface area (Å²) in [6, 6.07) is 17.9. The molecule has 0 radical (unpaired) electrons. The van der Waals surface area contributed by atoms with E-state index in [4.69, 9.17) is 9.15 Å². The summed E-state index contributed by atoms with van der Waals surface area (Å²) in [4.78, 5) is 29.1. The molecule has 1 aliphatic heterocycles. The summed E-state index contributed by atoms with van der Waals surface area (Å²) in [6.07, 6.45) is 0.624. The van der Waals surface area contributed by atoms with Gasteiger partial charge in [-0.3, -0.25) is 9.59 Å². The molecule has 1 N–H and O–H groups in total. The smallest absolute Gasteiger partial charge is 0.290 e. The number of ether oxygens (including phenoxy) is 1. The van der Waals surface area contributed by atoms with Crippen LogP contribution in [0.15, 0.2) is 69.9 Å². The lowest BCUT2D eigenvalue weighted by molar-refractivity contribution is 0.0730. The van der Waals surface area contributed by atoms with Crippen molar-refractivity contribution in [2.45, 2.75) is 33.2 Å². The largest absolute Gasteiger partial charge is 0.504 e. The van der Waals surface area contributed by atoms with E-state index in [0.717, 1.165) is 16.7 Å². The van der Waals surface area contributed by atoms with E-state index in [0.29, 0.717) is 47.4 Å². The summed E-state index contributed by atoms with van der Waals surface area (Å²) < 4.78 is 11.7. The standard InChI is InChI=1S/C29H27NO5/c1-4-34-24-16-20(10-11-22(24)31)26-25-27(32)21-14-17(2)18(3)15-23(21)35-28(25)29(33)30(26)13-12-19-8-6-5-7-9-19/h5-11,14-16,26,31H,4,12-13H2,1-3H3. The Morgan fingerprint density at radius 2 is 1.74 bits per heavy atom. The lowest BCUT2D eigenvalue weighted by atomic mass is 9.97. The van der Waals surface area contributed by atoms with Gasteiger partial charge >= 0.3 is 0 Å². The predicted octanol–water partition coefficient (Wildman–Crippen LogP) is 5.30. The van der Waals surface area contributed by atoms with Crippen molar-refractivity contribution in [3.8, 4) is 11.5 Å². The molecule has 0 fully saturated rings. The number of phenolic OH excluding ortho intramolecular Hbond substituents is 1. The number of hydrogen-bond acceptors (Lipinski definition) is 5. The Labute approximate surface area is 203 Å². The monoisotopic (exact) mass is 469 g/mol. The van der Waals surface area contributed by atoms with E-state index in [2.05, 4.69) is 0 Å². The van der Waals surface area contributed by atoms with Crippen LogP contribution in [-0.4, -0.2) is 29.1 Å². The van der Waals surface area contributed by atoms with Gasteiger partial charge in [0.1, 0.15) is 5.58 Å². The molecule has 1 amide bonds. The number of nitrogens with zero attached hydrogens (tertiary/aromatic N) is 1. The van der Waals surface area contributed by atoms with Crippen molar-refractivity contribution >= 4 is 16.9 Å². The first-order valence-electron chi connectivity index (χ1n) is 11.8. The zero-order valence-electron chi connectivity index (χ0n) is 20.0. The minimum atomic E-state index is -0.650. The van der Waals surface area contributed by atoms with E-state index < -0.39 is 6.04 Å². The molecule has 35 heavy (non-hydrogen) atoms. The van der Waals surface area contributed by atoms with Gasteiger partial charge in [-0.2, -0.15) is 0 Å². The normalized spacial score (nSPS) is 15.0. The Balaban J connectivity index is 1.68. The maximum Gasteiger partial charge on any atom is 0.290 e. The third-order valence-electron chi connectivity index (χ3n) is 6.67. The summed E-state index contributed by atoms with van der Waals surface area (Å²) in [5.41, 5.74) is 4.27. The second-order valence-electron chi connectivity index (χ2n) is 8.90. The first-order valence-corrected chi connectivity index (χ1v) is 11.8. The lowest BCUT2D eigenvalue weighted by Gasteiger charge is -2.25. The van der Waals surface area contributed by atoms with E-state index in [1.165, 1.54) is 6.07 Å². The molecule has 1 unspecified atom stereocenters. The van der Waals surface area contributed by atoms with Crippen LogP contribution in [0.3, 0.4) is 0 Å². The molecule has 0 aliphatic carbocycles. The third kappa shape index (κ3) is 3.95. The molecule has 4 aromatic rings. The molecular weight excluding hydrogens is 442 g/mol. The van der Waals surface area contributed by atoms with E-state index >= 15 is 0 Å². The average Bonchev–Trinajstić information content (AvgIpc) is 3.13. The van der Waals surface area contributed by atoms with E-state index in [1.54, 1.807) is 17.0 Å². The SMILES string of the molecule is CCOc1cc(C2c3c(oc4cc(C)c(C)cc4c3=O)C(=O)N2CCc2ccccc2)ccc1O. The number of carbonyl (C=O) groups excluding carboxylic acids is 1. The zero-order valence-corrected chi connectivity index (χ0v) is 20.0. The van der Waals surface area contributed by atoms with Gasteiger partial charge in [-0.25, -0.2) is 0 Å². The summed E-state index contributed by atoms with van der Waals surface area (Å²) in [7, 11) is 0. The Morgan fingerprint density at radius 1 is 1.00 bits per heavy atom. The summed E-state index contributed by atoms with van der Waals surface area (Å²) in [5, 5.41) is 10.7. The Bertz CT molecular complexity index is 1490. The highest BCUT2D eigenvalue weighted by atomic mass is 16.5. The van der Waals surface area contributed by atoms with Crippen molar-refractivity contribution in [3.05, 3.63) is 104 Å². The molecule has 5 rings (SSSR count). The fourth-order valence-electron chi connectivity index (χ4n) is 4.72. The highest BCUT2D eigenvalue weighted by Gasteiger charge is 2.42. The zero-order chi connectivity index (χ0) is 24.7. The molecule has 0 bridgehead atoms. The van der Waals surface area contributed by atoms with E-state index in [1.807, 2.05) is 63.2 Å². The molecular formula is C29H27NO5. The fourth-order valence-corrected chi connectivity index (χ4v) is 4.72. The van der Waals surface area contributed by atoms with Crippen LogP contribution in [0.1, 0.15) is 51.3 Å². The minimum absolute atomic E-state index is 0.00706. The van der Waals surface area contributed by atoms with Gasteiger partial charge in [-0.05, 0) is 73.7 Å². The van der Waals surface area contributed by atoms with E-state index in [-0.39, 0.29) is 22.8 Å². The molecule has 178 valence electrons. The van der Waals surface area contributed by atoms with E-state index in [9.17, 15) is 14.7 Å². The number of carbonyl (C=O) groups is 1. The number of phenols is 1. The molecule has 0 spiro atoms.